The van der Waals surface area contributed by atoms with Gasteiger partial charge in [0, 0.05) is 13.1 Å². The van der Waals surface area contributed by atoms with Crippen LogP contribution < -0.4 is 15.4 Å². The number of alkyl halides is 3. The normalized spacial score (nSPS) is 12.6. The van der Waals surface area contributed by atoms with Gasteiger partial charge in [-0.15, -0.1) is 0 Å². The largest absolute Gasteiger partial charge is 0.481 e. The summed E-state index contributed by atoms with van der Waals surface area (Å²) in [5.41, 5.74) is 0.983. The van der Waals surface area contributed by atoms with Crippen molar-refractivity contribution in [1.82, 2.24) is 10.6 Å². The molecule has 0 aromatic heterocycles. The smallest absolute Gasteiger partial charge is 0.471 e. The summed E-state index contributed by atoms with van der Waals surface area (Å²) < 4.78 is 41.6. The lowest BCUT2D eigenvalue weighted by molar-refractivity contribution is -0.173. The summed E-state index contributed by atoms with van der Waals surface area (Å²) in [7, 11) is 0. The first kappa shape index (κ1) is 20.8. The van der Waals surface area contributed by atoms with E-state index < -0.39 is 18.2 Å². The number of amides is 2. The fraction of sp³-hybridized carbons (Fsp3) is 0.529. The molecule has 0 aliphatic heterocycles. The number of halogens is 3. The molecule has 1 atom stereocenters. The van der Waals surface area contributed by atoms with Gasteiger partial charge in [-0.05, 0) is 30.9 Å². The quantitative estimate of drug-likeness (QED) is 0.701. The van der Waals surface area contributed by atoms with Crippen LogP contribution in [0.3, 0.4) is 0 Å². The maximum Gasteiger partial charge on any atom is 0.471 e. The van der Waals surface area contributed by atoms with Crippen molar-refractivity contribution in [3.8, 4) is 5.75 Å². The molecule has 1 aromatic carbocycles. The van der Waals surface area contributed by atoms with Gasteiger partial charge in [-0.2, -0.15) is 13.2 Å². The molecule has 0 saturated heterocycles. The molecule has 1 aromatic rings. The second kappa shape index (κ2) is 9.29. The molecular weight excluding hydrogens is 337 g/mol. The van der Waals surface area contributed by atoms with E-state index in [9.17, 15) is 22.8 Å². The van der Waals surface area contributed by atoms with E-state index in [1.165, 1.54) is 0 Å². The third-order valence-corrected chi connectivity index (χ3v) is 3.41. The number of benzene rings is 1. The molecule has 5 nitrogen and oxygen atoms in total. The monoisotopic (exact) mass is 360 g/mol. The number of carbonyl (C=O) groups is 2. The summed E-state index contributed by atoms with van der Waals surface area (Å²) in [6.45, 7) is 5.59. The number of para-hydroxylation sites is 1. The van der Waals surface area contributed by atoms with E-state index in [0.717, 1.165) is 5.56 Å². The van der Waals surface area contributed by atoms with Gasteiger partial charge in [-0.3, -0.25) is 9.59 Å². The summed E-state index contributed by atoms with van der Waals surface area (Å²) in [6.07, 6.45) is -5.46. The van der Waals surface area contributed by atoms with E-state index in [4.69, 9.17) is 4.74 Å². The minimum atomic E-state index is -4.89. The van der Waals surface area contributed by atoms with E-state index in [-0.39, 0.29) is 31.3 Å². The third-order valence-electron chi connectivity index (χ3n) is 3.41. The van der Waals surface area contributed by atoms with E-state index in [0.29, 0.717) is 5.75 Å². The van der Waals surface area contributed by atoms with Gasteiger partial charge in [-0.1, -0.05) is 32.0 Å². The zero-order valence-electron chi connectivity index (χ0n) is 14.4. The number of carbonyl (C=O) groups excluding carboxylic acids is 2. The Kier molecular flexibility index (Phi) is 7.73. The topological polar surface area (TPSA) is 67.4 Å². The zero-order chi connectivity index (χ0) is 19.0. The molecule has 140 valence electrons. The van der Waals surface area contributed by atoms with Crippen LogP contribution in [0, 0.1) is 0 Å². The first-order chi connectivity index (χ1) is 11.6. The molecule has 0 heterocycles. The molecule has 0 saturated carbocycles. The van der Waals surface area contributed by atoms with Gasteiger partial charge in [0.25, 0.3) is 5.91 Å². The second-order valence-electron chi connectivity index (χ2n) is 5.85. The Hall–Kier alpha value is -2.25. The van der Waals surface area contributed by atoms with Gasteiger partial charge in [0.05, 0.1) is 0 Å². The predicted octanol–water partition coefficient (Wildman–Crippen LogP) is 2.76. The maximum absolute atomic E-state index is 12.0. The molecule has 1 unspecified atom stereocenters. The highest BCUT2D eigenvalue weighted by Crippen LogP contribution is 2.26. The average molecular weight is 360 g/mol. The minimum absolute atomic E-state index is 0.135. The number of hydrogen-bond acceptors (Lipinski definition) is 3. The molecule has 8 heteroatoms. The number of hydrogen-bond donors (Lipinski definition) is 2. The Bertz CT molecular complexity index is 589. The minimum Gasteiger partial charge on any atom is -0.481 e. The predicted molar refractivity (Wildman–Crippen MR) is 87.3 cm³/mol. The first-order valence-electron chi connectivity index (χ1n) is 8.01. The summed E-state index contributed by atoms with van der Waals surface area (Å²) in [5, 5.41) is 4.31. The molecule has 2 N–H and O–H groups in total. The van der Waals surface area contributed by atoms with Crippen LogP contribution in [-0.4, -0.2) is 37.2 Å². The van der Waals surface area contributed by atoms with Crippen molar-refractivity contribution in [3.05, 3.63) is 29.8 Å². The lowest BCUT2D eigenvalue weighted by Crippen LogP contribution is -2.40. The van der Waals surface area contributed by atoms with Crippen LogP contribution in [0.4, 0.5) is 13.2 Å². The van der Waals surface area contributed by atoms with Crippen LogP contribution in [0.1, 0.15) is 38.7 Å². The molecule has 1 rings (SSSR count). The average Bonchev–Trinajstić information content (AvgIpc) is 2.53. The number of rotatable bonds is 8. The molecule has 0 aliphatic rings. The van der Waals surface area contributed by atoms with Crippen LogP contribution in [0.25, 0.3) is 0 Å². The van der Waals surface area contributed by atoms with Crippen LogP contribution in [0.15, 0.2) is 24.3 Å². The first-order valence-corrected chi connectivity index (χ1v) is 8.01. The second-order valence-corrected chi connectivity index (χ2v) is 5.85. The Morgan fingerprint density at radius 2 is 1.68 bits per heavy atom. The lowest BCUT2D eigenvalue weighted by atomic mass is 10.0. The zero-order valence-corrected chi connectivity index (χ0v) is 14.4. The van der Waals surface area contributed by atoms with Crippen molar-refractivity contribution in [1.29, 1.82) is 0 Å². The van der Waals surface area contributed by atoms with Crippen LogP contribution >= 0.6 is 0 Å². The highest BCUT2D eigenvalue weighted by molar-refractivity contribution is 5.81. The van der Waals surface area contributed by atoms with E-state index in [1.54, 1.807) is 18.3 Å². The van der Waals surface area contributed by atoms with Crippen LogP contribution in [0.5, 0.6) is 5.75 Å². The Labute approximate surface area is 144 Å². The molecule has 2 amide bonds. The van der Waals surface area contributed by atoms with E-state index in [2.05, 4.69) is 5.32 Å². The maximum atomic E-state index is 12.0. The summed E-state index contributed by atoms with van der Waals surface area (Å²) in [6, 6.07) is 7.41. The molecule has 0 fully saturated rings. The van der Waals surface area contributed by atoms with Crippen molar-refractivity contribution in [2.24, 2.45) is 0 Å². The van der Waals surface area contributed by atoms with Gasteiger partial charge < -0.3 is 15.4 Å². The van der Waals surface area contributed by atoms with E-state index >= 15 is 0 Å². The third kappa shape index (κ3) is 7.03. The van der Waals surface area contributed by atoms with Gasteiger partial charge in [0.2, 0.25) is 0 Å². The van der Waals surface area contributed by atoms with Crippen LogP contribution in [-0.2, 0) is 9.59 Å². The van der Waals surface area contributed by atoms with Gasteiger partial charge >= 0.3 is 12.1 Å². The highest BCUT2D eigenvalue weighted by atomic mass is 19.4. The molecule has 25 heavy (non-hydrogen) atoms. The highest BCUT2D eigenvalue weighted by Gasteiger charge is 2.38. The molecule has 0 bridgehead atoms. The molecular formula is C17H23F3N2O3. The Balaban J connectivity index is 2.37. The van der Waals surface area contributed by atoms with Crippen molar-refractivity contribution in [2.45, 2.75) is 45.4 Å². The number of ether oxygens (including phenoxy) is 1. The fourth-order valence-electron chi connectivity index (χ4n) is 2.05. The van der Waals surface area contributed by atoms with E-state index in [1.807, 2.05) is 32.0 Å². The SMILES string of the molecule is CC(Oc1ccccc1C(C)C)C(=O)NCCCNC(=O)C(F)(F)F. The van der Waals surface area contributed by atoms with Gasteiger partial charge in [0.1, 0.15) is 5.75 Å². The Morgan fingerprint density at radius 1 is 1.08 bits per heavy atom. The van der Waals surface area contributed by atoms with Crippen molar-refractivity contribution >= 4 is 11.8 Å². The van der Waals surface area contributed by atoms with Crippen molar-refractivity contribution in [2.75, 3.05) is 13.1 Å². The molecule has 0 aliphatic carbocycles. The molecule has 0 spiro atoms. The fourth-order valence-corrected chi connectivity index (χ4v) is 2.05. The summed E-state index contributed by atoms with van der Waals surface area (Å²) in [5.74, 6) is -1.50. The standard InChI is InChI=1S/C17H23F3N2O3/c1-11(2)13-7-4-5-8-14(13)25-12(3)15(23)21-9-6-10-22-16(24)17(18,19)20/h4-5,7-8,11-12H,6,9-10H2,1-3H3,(H,21,23)(H,22,24). The Morgan fingerprint density at radius 3 is 2.28 bits per heavy atom. The van der Waals surface area contributed by atoms with Gasteiger partial charge in [-0.25, -0.2) is 0 Å². The lowest BCUT2D eigenvalue weighted by Gasteiger charge is -2.18. The molecule has 0 radical (unpaired) electrons. The van der Waals surface area contributed by atoms with Crippen LogP contribution in [0.2, 0.25) is 0 Å². The van der Waals surface area contributed by atoms with Crippen molar-refractivity contribution < 1.29 is 27.5 Å². The summed E-state index contributed by atoms with van der Waals surface area (Å²) in [4.78, 5) is 22.6. The summed E-state index contributed by atoms with van der Waals surface area (Å²) >= 11 is 0. The number of nitrogens with one attached hydrogen (secondary N) is 2. The van der Waals surface area contributed by atoms with Gasteiger partial charge in [0.15, 0.2) is 6.10 Å². The van der Waals surface area contributed by atoms with Crippen molar-refractivity contribution in [3.63, 3.8) is 0 Å².